The molecule has 0 spiro atoms. The number of anilines is 2. The lowest BCUT2D eigenvalue weighted by Crippen LogP contribution is -2.56. The first kappa shape index (κ1) is 71.7. The maximum Gasteiger partial charge on any atom is 0.417 e. The van der Waals surface area contributed by atoms with E-state index in [1.807, 2.05) is 0 Å². The summed E-state index contributed by atoms with van der Waals surface area (Å²) in [5.41, 5.74) is -7.84. The second-order valence-electron chi connectivity index (χ2n) is 22.8. The predicted octanol–water partition coefficient (Wildman–Crippen LogP) is 9.47. The topological polar surface area (TPSA) is 228 Å². The first-order valence-electron chi connectivity index (χ1n) is 28.8. The van der Waals surface area contributed by atoms with Gasteiger partial charge in [-0.15, -0.1) is 12.4 Å². The van der Waals surface area contributed by atoms with Gasteiger partial charge in [0.15, 0.2) is 16.8 Å². The third kappa shape index (κ3) is 17.3. The zero-order valence-corrected chi connectivity index (χ0v) is 51.5. The van der Waals surface area contributed by atoms with Crippen LogP contribution in [0.25, 0.3) is 0 Å². The molecule has 19 nitrogen and oxygen atoms in total. The number of piperidine rings is 1. The molecule has 3 heterocycles. The first-order valence-corrected chi connectivity index (χ1v) is 29.2. The summed E-state index contributed by atoms with van der Waals surface area (Å²) in [6, 6.07) is 1.89. The molecule has 4 aliphatic rings. The molecule has 0 aromatic heterocycles. The molecular weight excluding hydrogens is 1170 g/mol. The lowest BCUT2D eigenvalue weighted by Gasteiger charge is -2.43. The summed E-state index contributed by atoms with van der Waals surface area (Å²) in [5, 5.41) is 24.4. The minimum Gasteiger partial charge on any atom is -0.475 e. The number of aliphatic hydroxyl groups is 2. The minimum atomic E-state index is -4.98. The number of carbonyl (C=O) groups is 7. The number of hydrogen-bond donors (Lipinski definition) is 4. The number of fused-ring (bicyclic) bond motifs is 2. The number of aliphatic hydroxyl groups excluding tert-OH is 2. The van der Waals surface area contributed by atoms with Crippen molar-refractivity contribution in [3.8, 4) is 11.5 Å². The van der Waals surface area contributed by atoms with Crippen molar-refractivity contribution in [2.75, 3.05) is 62.3 Å². The fourth-order valence-electron chi connectivity index (χ4n) is 10.9. The fraction of sp³-hybridized carbons (Fsp3) is 0.672. The highest BCUT2D eigenvalue weighted by Crippen LogP contribution is 2.47. The SMILES string of the molecule is CCC(=O)NCCN1C(=O)[C@](C)(CCO)Oc2cc(C(F)(F)F)c(C(=O)N(C(C)C)C3CCCCC3)cc21.CCC(=O)NCCN1C(=O)[C@](C)(CCO)Oc2cc(C(F)(F)F)c(C(=O)N(C(C)C)[C@@H]3CCCN(C(=O)OC(Cl)C(C)C)C3)cc21.Cl. The van der Waals surface area contributed by atoms with Gasteiger partial charge in [0.25, 0.3) is 23.6 Å². The van der Waals surface area contributed by atoms with E-state index in [-0.39, 0.29) is 124 Å². The van der Waals surface area contributed by atoms with Gasteiger partial charge in [-0.05, 0) is 91.5 Å². The molecule has 0 radical (unpaired) electrons. The number of nitrogens with zero attached hydrogens (tertiary/aromatic N) is 5. The molecule has 2 aromatic rings. The average Bonchev–Trinajstić information content (AvgIpc) is 1.05. The van der Waals surface area contributed by atoms with Crippen LogP contribution in [0.4, 0.5) is 42.5 Å². The average molecular weight is 1260 g/mol. The Labute approximate surface area is 504 Å². The lowest BCUT2D eigenvalue weighted by atomic mass is 9.91. The lowest BCUT2D eigenvalue weighted by molar-refractivity contribution is -0.140. The van der Waals surface area contributed by atoms with Gasteiger partial charge >= 0.3 is 18.4 Å². The smallest absolute Gasteiger partial charge is 0.417 e. The Bertz CT molecular complexity index is 2700. The molecule has 1 unspecified atom stereocenters. The van der Waals surface area contributed by atoms with Crippen LogP contribution in [0.15, 0.2) is 24.3 Å². The van der Waals surface area contributed by atoms with E-state index in [0.717, 1.165) is 50.3 Å². The van der Waals surface area contributed by atoms with Crippen LogP contribution in [-0.2, 0) is 36.3 Å². The molecule has 2 fully saturated rings. The summed E-state index contributed by atoms with van der Waals surface area (Å²) in [5.74, 6) is -4.06. The van der Waals surface area contributed by atoms with E-state index < -0.39 is 106 Å². The van der Waals surface area contributed by atoms with E-state index in [0.29, 0.717) is 25.5 Å². The zero-order chi connectivity index (χ0) is 62.8. The van der Waals surface area contributed by atoms with Crippen LogP contribution in [0, 0.1) is 5.92 Å². The van der Waals surface area contributed by atoms with E-state index in [9.17, 15) is 70.1 Å². The van der Waals surface area contributed by atoms with Crippen LogP contribution in [0.3, 0.4) is 0 Å². The number of halogens is 8. The molecule has 1 saturated carbocycles. The van der Waals surface area contributed by atoms with Gasteiger partial charge in [0.1, 0.15) is 11.5 Å². The molecule has 478 valence electrons. The largest absolute Gasteiger partial charge is 0.475 e. The van der Waals surface area contributed by atoms with Crippen molar-refractivity contribution in [1.82, 2.24) is 25.3 Å². The summed E-state index contributed by atoms with van der Waals surface area (Å²) in [4.78, 5) is 98.1. The summed E-state index contributed by atoms with van der Waals surface area (Å²) < 4.78 is 104. The molecule has 1 aliphatic carbocycles. The van der Waals surface area contributed by atoms with Gasteiger partial charge in [0.2, 0.25) is 11.8 Å². The van der Waals surface area contributed by atoms with E-state index in [2.05, 4.69) is 10.6 Å². The highest BCUT2D eigenvalue weighted by molar-refractivity contribution is 6.20. The Hall–Kier alpha value is -5.79. The fourth-order valence-corrected chi connectivity index (χ4v) is 11.0. The summed E-state index contributed by atoms with van der Waals surface area (Å²) in [6.45, 7) is 15.9. The maximum atomic E-state index is 14.6. The second kappa shape index (κ2) is 30.2. The number of likely N-dealkylation sites (tertiary alicyclic amines) is 1. The minimum absolute atomic E-state index is 0. The molecular formula is C58H83Cl2F6N7O12. The van der Waals surface area contributed by atoms with Crippen molar-refractivity contribution < 1.29 is 84.3 Å². The third-order valence-electron chi connectivity index (χ3n) is 15.4. The molecule has 6 rings (SSSR count). The first-order chi connectivity index (χ1) is 39.3. The number of hydrogen-bond acceptors (Lipinski definition) is 12. The van der Waals surface area contributed by atoms with E-state index in [1.54, 1.807) is 55.4 Å². The number of ether oxygens (including phenoxy) is 3. The monoisotopic (exact) mass is 1250 g/mol. The van der Waals surface area contributed by atoms with Gasteiger partial charge < -0.3 is 59.6 Å². The van der Waals surface area contributed by atoms with Crippen LogP contribution >= 0.6 is 24.0 Å². The number of alkyl halides is 7. The van der Waals surface area contributed by atoms with Crippen LogP contribution in [0.1, 0.15) is 172 Å². The number of nitrogens with one attached hydrogen (secondary N) is 2. The molecule has 2 aromatic carbocycles. The van der Waals surface area contributed by atoms with Gasteiger partial charge in [0.05, 0.1) is 39.7 Å². The summed E-state index contributed by atoms with van der Waals surface area (Å²) in [6.07, 6.45) is -5.24. The highest BCUT2D eigenvalue weighted by Gasteiger charge is 2.50. The molecule has 0 bridgehead atoms. The van der Waals surface area contributed by atoms with Crippen LogP contribution < -0.4 is 29.9 Å². The van der Waals surface area contributed by atoms with E-state index >= 15 is 0 Å². The van der Waals surface area contributed by atoms with E-state index in [4.69, 9.17) is 25.8 Å². The standard InChI is InChI=1S/C31H44ClF3N4O7.C27H38F3N3O5.ClH/c1-7-25(41)36-11-13-38-23-15-21(22(31(33,34)35)16-24(23)46-30(6,10-14-40)28(38)43)27(42)39(19(4)5)20-9-8-12-37(17-20)29(44)45-26(32)18(2)3;1-5-23(35)31-12-13-32-21-15-19(24(36)33(17(2)3)18-9-7-6-8-10-18)20(27(28,29)30)16-22(21)38-26(4,11-14-34)25(32)37;/h15-16,18-20,26,40H,7-14,17H2,1-6H3,(H,36,41);15-18,34H,5-14H2,1-4H3,(H,31,35);1H/t20-,26?,30+;26-;/m10./s1. The highest BCUT2D eigenvalue weighted by atomic mass is 35.5. The zero-order valence-electron chi connectivity index (χ0n) is 50.0. The van der Waals surface area contributed by atoms with Gasteiger partial charge in [-0.25, -0.2) is 4.79 Å². The number of amides is 7. The third-order valence-corrected chi connectivity index (χ3v) is 16.0. The Morgan fingerprint density at radius 2 is 1.08 bits per heavy atom. The van der Waals surface area contributed by atoms with Gasteiger partial charge in [-0.1, -0.05) is 58.6 Å². The normalized spacial score (nSPS) is 20.3. The van der Waals surface area contributed by atoms with E-state index in [1.165, 1.54) is 38.3 Å². The Kier molecular flexibility index (Phi) is 25.5. The van der Waals surface area contributed by atoms with Crippen molar-refractivity contribution in [3.63, 3.8) is 0 Å². The number of carbonyl (C=O) groups excluding carboxylic acids is 7. The molecule has 4 N–H and O–H groups in total. The molecule has 85 heavy (non-hydrogen) atoms. The second-order valence-corrected chi connectivity index (χ2v) is 23.2. The van der Waals surface area contributed by atoms with Crippen molar-refractivity contribution in [2.24, 2.45) is 5.92 Å². The summed E-state index contributed by atoms with van der Waals surface area (Å²) in [7, 11) is 0. The number of benzene rings is 2. The van der Waals surface area contributed by atoms with Crippen LogP contribution in [0.5, 0.6) is 11.5 Å². The Balaban J connectivity index is 0.000000366. The van der Waals surface area contributed by atoms with Gasteiger partial charge in [-0.2, -0.15) is 26.3 Å². The van der Waals surface area contributed by atoms with Crippen molar-refractivity contribution in [2.45, 2.75) is 193 Å². The van der Waals surface area contributed by atoms with Gasteiger partial charge in [-0.3, -0.25) is 28.8 Å². The van der Waals surface area contributed by atoms with Crippen molar-refractivity contribution in [3.05, 3.63) is 46.5 Å². The Morgan fingerprint density at radius 1 is 0.682 bits per heavy atom. The predicted molar refractivity (Wildman–Crippen MR) is 308 cm³/mol. The Morgan fingerprint density at radius 3 is 1.45 bits per heavy atom. The molecule has 3 aliphatic heterocycles. The quantitative estimate of drug-likeness (QED) is 0.0718. The maximum absolute atomic E-state index is 14.6. The van der Waals surface area contributed by atoms with Gasteiger partial charge in [0, 0.05) is 102 Å². The molecule has 7 amide bonds. The van der Waals surface area contributed by atoms with Crippen molar-refractivity contribution in [1.29, 1.82) is 0 Å². The summed E-state index contributed by atoms with van der Waals surface area (Å²) >= 11 is 6.13. The van der Waals surface area contributed by atoms with Crippen molar-refractivity contribution >= 4 is 76.9 Å². The number of rotatable bonds is 20. The molecule has 4 atom stereocenters. The van der Waals surface area contributed by atoms with Crippen LogP contribution in [-0.4, -0.2) is 160 Å². The van der Waals surface area contributed by atoms with Crippen LogP contribution in [0.2, 0.25) is 0 Å². The molecule has 27 heteroatoms. The molecule has 1 saturated heterocycles.